The molecule has 9 heteroatoms. The molecular formula is C32H46N4O5. The van der Waals surface area contributed by atoms with E-state index < -0.39 is 12.1 Å². The van der Waals surface area contributed by atoms with Gasteiger partial charge in [0.1, 0.15) is 5.75 Å². The molecule has 0 saturated carbocycles. The van der Waals surface area contributed by atoms with Crippen molar-refractivity contribution in [2.45, 2.75) is 77.5 Å². The average molecular weight is 567 g/mol. The number of hydrogen-bond donors (Lipinski definition) is 4. The van der Waals surface area contributed by atoms with Crippen LogP contribution in [0.5, 0.6) is 5.75 Å². The van der Waals surface area contributed by atoms with E-state index in [4.69, 9.17) is 0 Å². The number of nitrogens with one attached hydrogen (secondary N) is 2. The summed E-state index contributed by atoms with van der Waals surface area (Å²) in [5.74, 6) is -0.166. The van der Waals surface area contributed by atoms with Gasteiger partial charge in [-0.15, -0.1) is 0 Å². The highest BCUT2D eigenvalue weighted by Crippen LogP contribution is 2.21. The zero-order valence-electron chi connectivity index (χ0n) is 24.8. The Hall–Kier alpha value is -3.59. The van der Waals surface area contributed by atoms with Gasteiger partial charge in [0.25, 0.3) is 5.91 Å². The number of rotatable bonds is 14. The van der Waals surface area contributed by atoms with E-state index >= 15 is 0 Å². The second-order valence-electron chi connectivity index (χ2n) is 11.6. The minimum absolute atomic E-state index is 0.00452. The third-order valence-corrected chi connectivity index (χ3v) is 7.63. The van der Waals surface area contributed by atoms with Crippen LogP contribution in [0.3, 0.4) is 0 Å². The Bertz CT molecular complexity index is 1160. The fourth-order valence-corrected chi connectivity index (χ4v) is 5.37. The monoisotopic (exact) mass is 566 g/mol. The number of carbonyl (C=O) groups is 3. The van der Waals surface area contributed by atoms with Crippen molar-refractivity contribution in [3.05, 3.63) is 65.2 Å². The van der Waals surface area contributed by atoms with Crippen LogP contribution in [0.25, 0.3) is 0 Å². The summed E-state index contributed by atoms with van der Waals surface area (Å²) in [6.07, 6.45) is 2.21. The minimum atomic E-state index is -0.928. The number of phenols is 1. The molecule has 1 fully saturated rings. The summed E-state index contributed by atoms with van der Waals surface area (Å²) in [6, 6.07) is 13.5. The van der Waals surface area contributed by atoms with Crippen molar-refractivity contribution in [2.75, 3.05) is 26.7 Å². The molecule has 1 aliphatic rings. The predicted molar refractivity (Wildman–Crippen MR) is 160 cm³/mol. The summed E-state index contributed by atoms with van der Waals surface area (Å²) in [5.41, 5.74) is 1.79. The van der Waals surface area contributed by atoms with Gasteiger partial charge in [0, 0.05) is 50.3 Å². The van der Waals surface area contributed by atoms with E-state index in [1.807, 2.05) is 30.3 Å². The highest BCUT2D eigenvalue weighted by Gasteiger charge is 2.28. The standard InChI is InChI=1S/C32H46N4O5/c1-22(2)19-25(33-30(39)15-9-17-36-18-10-16-35(4)32(36)41)21-29(38)27(20-24-11-6-5-7-12-24)34-31(40)26-13-8-14-28(37)23(26)3/h5-8,11-14,22,25,27,29,37-38H,9-10,15-21H2,1-4H3,(H,33,39)(H,34,40)/t25-,27-,29-/m0/s1. The molecular weight excluding hydrogens is 520 g/mol. The molecule has 3 atom stereocenters. The van der Waals surface area contributed by atoms with E-state index in [9.17, 15) is 24.6 Å². The Kier molecular flexibility index (Phi) is 12.0. The molecule has 9 nitrogen and oxygen atoms in total. The number of aliphatic hydroxyl groups excluding tert-OH is 1. The minimum Gasteiger partial charge on any atom is -0.508 e. The quantitative estimate of drug-likeness (QED) is 0.277. The summed E-state index contributed by atoms with van der Waals surface area (Å²) >= 11 is 0. The van der Waals surface area contributed by atoms with Crippen LogP contribution < -0.4 is 10.6 Å². The van der Waals surface area contributed by atoms with Gasteiger partial charge in [-0.3, -0.25) is 9.59 Å². The molecule has 2 aromatic carbocycles. The van der Waals surface area contributed by atoms with Crippen LogP contribution in [0, 0.1) is 12.8 Å². The van der Waals surface area contributed by atoms with E-state index in [2.05, 4.69) is 24.5 Å². The summed E-state index contributed by atoms with van der Waals surface area (Å²) in [5, 5.41) is 27.6. The largest absolute Gasteiger partial charge is 0.508 e. The molecule has 0 radical (unpaired) electrons. The number of amides is 4. The molecule has 0 unspecified atom stereocenters. The molecule has 4 amide bonds. The molecule has 1 heterocycles. The third-order valence-electron chi connectivity index (χ3n) is 7.63. The second kappa shape index (κ2) is 15.4. The zero-order chi connectivity index (χ0) is 29.9. The van der Waals surface area contributed by atoms with Crippen LogP contribution in [0.15, 0.2) is 48.5 Å². The van der Waals surface area contributed by atoms with Gasteiger partial charge in [-0.2, -0.15) is 0 Å². The zero-order valence-corrected chi connectivity index (χ0v) is 24.8. The molecule has 0 spiro atoms. The lowest BCUT2D eigenvalue weighted by Crippen LogP contribution is -2.49. The Morgan fingerprint density at radius 3 is 2.44 bits per heavy atom. The van der Waals surface area contributed by atoms with Gasteiger partial charge >= 0.3 is 6.03 Å². The number of benzene rings is 2. The molecule has 0 aromatic heterocycles. The van der Waals surface area contributed by atoms with Crippen molar-refractivity contribution in [1.82, 2.24) is 20.4 Å². The second-order valence-corrected chi connectivity index (χ2v) is 11.6. The van der Waals surface area contributed by atoms with E-state index in [-0.39, 0.29) is 42.0 Å². The van der Waals surface area contributed by atoms with Crippen LogP contribution in [0.1, 0.15) is 67.4 Å². The molecule has 4 N–H and O–H groups in total. The van der Waals surface area contributed by atoms with Crippen LogP contribution in [-0.2, 0) is 11.2 Å². The third kappa shape index (κ3) is 9.78. The number of hydrogen-bond acceptors (Lipinski definition) is 5. The van der Waals surface area contributed by atoms with Gasteiger partial charge in [-0.1, -0.05) is 50.2 Å². The van der Waals surface area contributed by atoms with E-state index in [1.54, 1.807) is 35.9 Å². The lowest BCUT2D eigenvalue weighted by molar-refractivity contribution is -0.122. The number of nitrogens with zero attached hydrogens (tertiary/aromatic N) is 2. The van der Waals surface area contributed by atoms with E-state index in [0.29, 0.717) is 49.9 Å². The number of urea groups is 1. The first-order valence-electron chi connectivity index (χ1n) is 14.7. The number of aliphatic hydroxyl groups is 1. The van der Waals surface area contributed by atoms with Crippen LogP contribution >= 0.6 is 0 Å². The van der Waals surface area contributed by atoms with Crippen molar-refractivity contribution in [3.63, 3.8) is 0 Å². The molecule has 0 bridgehead atoms. The Morgan fingerprint density at radius 2 is 1.73 bits per heavy atom. The Labute approximate surface area is 243 Å². The summed E-state index contributed by atoms with van der Waals surface area (Å²) in [7, 11) is 1.79. The van der Waals surface area contributed by atoms with E-state index in [0.717, 1.165) is 18.5 Å². The number of phenolic OH excluding ortho intramolecular Hbond substituents is 1. The smallest absolute Gasteiger partial charge is 0.319 e. The van der Waals surface area contributed by atoms with Gasteiger partial charge in [0.05, 0.1) is 12.1 Å². The van der Waals surface area contributed by atoms with Gasteiger partial charge in [0.2, 0.25) is 5.91 Å². The summed E-state index contributed by atoms with van der Waals surface area (Å²) in [6.45, 7) is 7.82. The first kappa shape index (κ1) is 31.9. The maximum absolute atomic E-state index is 13.2. The van der Waals surface area contributed by atoms with Crippen molar-refractivity contribution >= 4 is 17.8 Å². The molecule has 224 valence electrons. The lowest BCUT2D eigenvalue weighted by Gasteiger charge is -2.33. The summed E-state index contributed by atoms with van der Waals surface area (Å²) < 4.78 is 0. The lowest BCUT2D eigenvalue weighted by atomic mass is 9.92. The molecule has 3 rings (SSSR count). The van der Waals surface area contributed by atoms with Crippen molar-refractivity contribution in [1.29, 1.82) is 0 Å². The highest BCUT2D eigenvalue weighted by molar-refractivity contribution is 5.96. The Balaban J connectivity index is 1.65. The van der Waals surface area contributed by atoms with Crippen LogP contribution in [0.4, 0.5) is 4.79 Å². The maximum Gasteiger partial charge on any atom is 0.319 e. The van der Waals surface area contributed by atoms with Crippen LogP contribution in [0.2, 0.25) is 0 Å². The van der Waals surface area contributed by atoms with Crippen molar-refractivity contribution < 1.29 is 24.6 Å². The van der Waals surface area contributed by atoms with Gasteiger partial charge in [-0.05, 0) is 62.6 Å². The molecule has 0 aliphatic carbocycles. The average Bonchev–Trinajstić information content (AvgIpc) is 2.92. The first-order valence-corrected chi connectivity index (χ1v) is 14.7. The van der Waals surface area contributed by atoms with Crippen molar-refractivity contribution in [2.24, 2.45) is 5.92 Å². The Morgan fingerprint density at radius 1 is 1.00 bits per heavy atom. The fraction of sp³-hybridized carbons (Fsp3) is 0.531. The molecule has 2 aromatic rings. The normalized spacial score (nSPS) is 15.9. The van der Waals surface area contributed by atoms with Gasteiger partial charge < -0.3 is 30.6 Å². The van der Waals surface area contributed by atoms with Crippen molar-refractivity contribution in [3.8, 4) is 5.75 Å². The van der Waals surface area contributed by atoms with Crippen LogP contribution in [-0.4, -0.2) is 82.7 Å². The van der Waals surface area contributed by atoms with E-state index in [1.165, 1.54) is 6.07 Å². The maximum atomic E-state index is 13.2. The number of carbonyl (C=O) groups excluding carboxylic acids is 3. The molecule has 1 aliphatic heterocycles. The first-order chi connectivity index (χ1) is 19.5. The highest BCUT2D eigenvalue weighted by atomic mass is 16.3. The predicted octanol–water partition coefficient (Wildman–Crippen LogP) is 3.86. The number of aromatic hydroxyl groups is 1. The topological polar surface area (TPSA) is 122 Å². The molecule has 41 heavy (non-hydrogen) atoms. The SMILES string of the molecule is Cc1c(O)cccc1C(=O)N[C@@H](Cc1ccccc1)[C@@H](O)C[C@H](CC(C)C)NC(=O)CCCN1CCCN(C)C1=O. The molecule has 1 saturated heterocycles. The van der Waals surface area contributed by atoms with Gasteiger partial charge in [0.15, 0.2) is 0 Å². The van der Waals surface area contributed by atoms with Gasteiger partial charge in [-0.25, -0.2) is 4.79 Å². The fourth-order valence-electron chi connectivity index (χ4n) is 5.37. The summed E-state index contributed by atoms with van der Waals surface area (Å²) in [4.78, 5) is 41.9.